The van der Waals surface area contributed by atoms with Gasteiger partial charge in [0.1, 0.15) is 12.1 Å². The van der Waals surface area contributed by atoms with Gasteiger partial charge in [0.15, 0.2) is 0 Å². The Kier molecular flexibility index (Phi) is 3.31. The van der Waals surface area contributed by atoms with Crippen LogP contribution in [-0.4, -0.2) is 15.1 Å². The summed E-state index contributed by atoms with van der Waals surface area (Å²) in [7, 11) is 0. The summed E-state index contributed by atoms with van der Waals surface area (Å²) in [6.07, 6.45) is 7.01. The van der Waals surface area contributed by atoms with Crippen LogP contribution in [0.25, 0.3) is 12.2 Å². The molecule has 0 bridgehead atoms. The van der Waals surface area contributed by atoms with Crippen LogP contribution in [0.1, 0.15) is 11.3 Å². The van der Waals surface area contributed by atoms with Crippen molar-refractivity contribution in [1.29, 1.82) is 0 Å². The SMILES string of the molecule is Oc1ccc(C=Cc2ccncn2)cc1Br. The van der Waals surface area contributed by atoms with Crippen molar-refractivity contribution in [3.8, 4) is 5.75 Å². The summed E-state index contributed by atoms with van der Waals surface area (Å²) in [5.41, 5.74) is 1.84. The van der Waals surface area contributed by atoms with Crippen molar-refractivity contribution in [2.45, 2.75) is 0 Å². The molecule has 0 saturated heterocycles. The maximum absolute atomic E-state index is 9.34. The van der Waals surface area contributed by atoms with E-state index < -0.39 is 0 Å². The van der Waals surface area contributed by atoms with Crippen LogP contribution in [0.2, 0.25) is 0 Å². The lowest BCUT2D eigenvalue weighted by Crippen LogP contribution is -1.80. The molecule has 1 heterocycles. The number of aromatic hydroxyl groups is 1. The molecule has 1 N–H and O–H groups in total. The quantitative estimate of drug-likeness (QED) is 0.917. The van der Waals surface area contributed by atoms with Gasteiger partial charge in [-0.1, -0.05) is 12.1 Å². The first kappa shape index (κ1) is 10.8. The van der Waals surface area contributed by atoms with Crippen molar-refractivity contribution in [3.05, 3.63) is 52.5 Å². The normalized spacial score (nSPS) is 10.8. The minimum atomic E-state index is 0.235. The molecule has 4 heteroatoms. The molecular weight excluding hydrogens is 268 g/mol. The molecule has 0 aliphatic carbocycles. The molecule has 16 heavy (non-hydrogen) atoms. The van der Waals surface area contributed by atoms with Crippen molar-refractivity contribution in [2.75, 3.05) is 0 Å². The number of phenols is 1. The first-order valence-electron chi connectivity index (χ1n) is 4.68. The predicted molar refractivity (Wildman–Crippen MR) is 66.8 cm³/mol. The number of phenolic OH excluding ortho intramolecular Hbond substituents is 1. The molecule has 2 rings (SSSR count). The summed E-state index contributed by atoms with van der Waals surface area (Å²) in [5, 5.41) is 9.34. The molecule has 0 spiro atoms. The van der Waals surface area contributed by atoms with Gasteiger partial charge in [-0.15, -0.1) is 0 Å². The fourth-order valence-electron chi connectivity index (χ4n) is 1.21. The molecule has 80 valence electrons. The van der Waals surface area contributed by atoms with Gasteiger partial charge in [0, 0.05) is 6.20 Å². The number of hydrogen-bond donors (Lipinski definition) is 1. The lowest BCUT2D eigenvalue weighted by atomic mass is 10.2. The largest absolute Gasteiger partial charge is 0.507 e. The monoisotopic (exact) mass is 276 g/mol. The number of aromatic nitrogens is 2. The highest BCUT2D eigenvalue weighted by molar-refractivity contribution is 9.10. The number of rotatable bonds is 2. The number of halogens is 1. The summed E-state index contributed by atoms with van der Waals surface area (Å²) in [5.74, 6) is 0.235. The van der Waals surface area contributed by atoms with Gasteiger partial charge in [-0.05, 0) is 45.8 Å². The number of nitrogens with zero attached hydrogens (tertiary/aromatic N) is 2. The lowest BCUT2D eigenvalue weighted by molar-refractivity contribution is 0.472. The third-order valence-corrected chi connectivity index (χ3v) is 2.66. The summed E-state index contributed by atoms with van der Waals surface area (Å²) in [6, 6.07) is 7.14. The van der Waals surface area contributed by atoms with Crippen LogP contribution in [0.5, 0.6) is 5.75 Å². The maximum Gasteiger partial charge on any atom is 0.129 e. The lowest BCUT2D eigenvalue weighted by Gasteiger charge is -1.98. The van der Waals surface area contributed by atoms with E-state index in [1.54, 1.807) is 12.3 Å². The third kappa shape index (κ3) is 2.67. The van der Waals surface area contributed by atoms with Crippen LogP contribution in [0.15, 0.2) is 41.3 Å². The predicted octanol–water partition coefficient (Wildman–Crippen LogP) is 3.12. The van der Waals surface area contributed by atoms with Crippen LogP contribution < -0.4 is 0 Å². The Bertz CT molecular complexity index is 512. The van der Waals surface area contributed by atoms with Crippen molar-refractivity contribution >= 4 is 28.1 Å². The van der Waals surface area contributed by atoms with E-state index in [0.717, 1.165) is 11.3 Å². The van der Waals surface area contributed by atoms with Gasteiger partial charge in [-0.2, -0.15) is 0 Å². The van der Waals surface area contributed by atoms with Gasteiger partial charge in [0.25, 0.3) is 0 Å². The second kappa shape index (κ2) is 4.90. The molecule has 0 unspecified atom stereocenters. The van der Waals surface area contributed by atoms with E-state index in [1.165, 1.54) is 6.33 Å². The number of hydrogen-bond acceptors (Lipinski definition) is 3. The average Bonchev–Trinajstić information content (AvgIpc) is 2.32. The van der Waals surface area contributed by atoms with E-state index in [9.17, 15) is 5.11 Å². The van der Waals surface area contributed by atoms with E-state index in [0.29, 0.717) is 4.47 Å². The second-order valence-corrected chi connectivity index (χ2v) is 4.03. The van der Waals surface area contributed by atoms with Gasteiger partial charge < -0.3 is 5.11 Å². The van der Waals surface area contributed by atoms with Gasteiger partial charge in [0.2, 0.25) is 0 Å². The van der Waals surface area contributed by atoms with Crippen LogP contribution in [-0.2, 0) is 0 Å². The highest BCUT2D eigenvalue weighted by atomic mass is 79.9. The highest BCUT2D eigenvalue weighted by Crippen LogP contribution is 2.24. The Morgan fingerprint density at radius 1 is 1.19 bits per heavy atom. The van der Waals surface area contributed by atoms with Crippen molar-refractivity contribution in [2.24, 2.45) is 0 Å². The Balaban J connectivity index is 2.21. The number of benzene rings is 1. The average molecular weight is 277 g/mol. The van der Waals surface area contributed by atoms with E-state index >= 15 is 0 Å². The molecule has 0 amide bonds. The second-order valence-electron chi connectivity index (χ2n) is 3.18. The van der Waals surface area contributed by atoms with Crippen LogP contribution in [0.4, 0.5) is 0 Å². The zero-order valence-corrected chi connectivity index (χ0v) is 9.92. The minimum Gasteiger partial charge on any atom is -0.507 e. The first-order chi connectivity index (χ1) is 7.75. The Morgan fingerprint density at radius 2 is 2.06 bits per heavy atom. The maximum atomic E-state index is 9.34. The summed E-state index contributed by atoms with van der Waals surface area (Å²) in [6.45, 7) is 0. The van der Waals surface area contributed by atoms with E-state index in [-0.39, 0.29) is 5.75 Å². The molecule has 2 aromatic rings. The van der Waals surface area contributed by atoms with Gasteiger partial charge in [0.05, 0.1) is 10.2 Å². The first-order valence-corrected chi connectivity index (χ1v) is 5.47. The molecule has 1 aromatic heterocycles. The fourth-order valence-corrected chi connectivity index (χ4v) is 1.60. The van der Waals surface area contributed by atoms with E-state index in [2.05, 4.69) is 25.9 Å². The van der Waals surface area contributed by atoms with Gasteiger partial charge >= 0.3 is 0 Å². The Morgan fingerprint density at radius 3 is 2.75 bits per heavy atom. The standard InChI is InChI=1S/C12H9BrN2O/c13-11-7-9(2-4-12(11)16)1-3-10-5-6-14-8-15-10/h1-8,16H. The fraction of sp³-hybridized carbons (Fsp3) is 0. The van der Waals surface area contributed by atoms with E-state index in [1.807, 2.05) is 30.4 Å². The van der Waals surface area contributed by atoms with E-state index in [4.69, 9.17) is 0 Å². The highest BCUT2D eigenvalue weighted by Gasteiger charge is 1.96. The minimum absolute atomic E-state index is 0.235. The molecule has 0 radical (unpaired) electrons. The topological polar surface area (TPSA) is 46.0 Å². The molecule has 3 nitrogen and oxygen atoms in total. The Labute approximate surface area is 102 Å². The summed E-state index contributed by atoms with van der Waals surface area (Å²) < 4.78 is 0.678. The molecule has 0 fully saturated rings. The Hall–Kier alpha value is -1.68. The van der Waals surface area contributed by atoms with Gasteiger partial charge in [-0.25, -0.2) is 9.97 Å². The molecule has 0 aliphatic rings. The summed E-state index contributed by atoms with van der Waals surface area (Å²) >= 11 is 3.26. The molecular formula is C12H9BrN2O. The van der Waals surface area contributed by atoms with Crippen LogP contribution in [0, 0.1) is 0 Å². The van der Waals surface area contributed by atoms with Crippen molar-refractivity contribution in [3.63, 3.8) is 0 Å². The van der Waals surface area contributed by atoms with Crippen LogP contribution in [0.3, 0.4) is 0 Å². The van der Waals surface area contributed by atoms with Crippen LogP contribution >= 0.6 is 15.9 Å². The zero-order valence-electron chi connectivity index (χ0n) is 8.34. The smallest absolute Gasteiger partial charge is 0.129 e. The van der Waals surface area contributed by atoms with Gasteiger partial charge in [-0.3, -0.25) is 0 Å². The molecule has 0 atom stereocenters. The molecule has 0 aliphatic heterocycles. The van der Waals surface area contributed by atoms with Crippen molar-refractivity contribution in [1.82, 2.24) is 9.97 Å². The zero-order chi connectivity index (χ0) is 11.4. The molecule has 1 aromatic carbocycles. The summed E-state index contributed by atoms with van der Waals surface area (Å²) in [4.78, 5) is 7.92. The third-order valence-electron chi connectivity index (χ3n) is 2.02. The van der Waals surface area contributed by atoms with Crippen molar-refractivity contribution < 1.29 is 5.11 Å². The molecule has 0 saturated carbocycles.